The molecule has 64 heavy (non-hydrogen) atoms. The zero-order valence-corrected chi connectivity index (χ0v) is 39.5. The number of benzene rings is 4. The van der Waals surface area contributed by atoms with Crippen LogP contribution in [0.4, 0.5) is 0 Å². The number of rotatable bonds is 24. The first-order valence-corrected chi connectivity index (χ1v) is 24.7. The number of hydrogen-bond donors (Lipinski definition) is 1. The molecule has 0 amide bonds. The molecule has 2 aliphatic rings. The van der Waals surface area contributed by atoms with Crippen LogP contribution in [0.25, 0.3) is 0 Å². The molecule has 0 aromatic heterocycles. The summed E-state index contributed by atoms with van der Waals surface area (Å²) in [6.45, 7) is 8.65. The summed E-state index contributed by atoms with van der Waals surface area (Å²) < 4.78 is 100. The van der Waals surface area contributed by atoms with Crippen LogP contribution in [-0.4, -0.2) is 106 Å². The van der Waals surface area contributed by atoms with Crippen LogP contribution in [0.3, 0.4) is 0 Å². The third-order valence-corrected chi connectivity index (χ3v) is 15.9. The van der Waals surface area contributed by atoms with E-state index in [0.29, 0.717) is 18.1 Å². The predicted molar refractivity (Wildman–Crippen MR) is 245 cm³/mol. The smallest absolute Gasteiger partial charge is 0.397 e. The van der Waals surface area contributed by atoms with Crippen molar-refractivity contribution in [2.24, 2.45) is 5.92 Å². The largest absolute Gasteiger partial charge is 0.497 e. The molecule has 0 saturated carbocycles. The Hall–Kier alpha value is -3.42. The Balaban J connectivity index is 1.38. The van der Waals surface area contributed by atoms with Gasteiger partial charge in [-0.15, -0.1) is 0 Å². The van der Waals surface area contributed by atoms with Gasteiger partial charge in [-0.1, -0.05) is 117 Å². The highest BCUT2D eigenvalue weighted by atomic mass is 32.3. The zero-order valence-electron chi connectivity index (χ0n) is 37.9. The van der Waals surface area contributed by atoms with Crippen molar-refractivity contribution in [3.05, 3.63) is 138 Å². The van der Waals surface area contributed by atoms with Crippen molar-refractivity contribution in [1.82, 2.24) is 0 Å². The topological polar surface area (TPSA) is 147 Å². The Bertz CT molecular complexity index is 2080. The maximum absolute atomic E-state index is 13.2. The molecule has 4 aromatic carbocycles. The third-order valence-electron chi connectivity index (χ3n) is 12.3. The molecule has 2 saturated heterocycles. The van der Waals surface area contributed by atoms with Crippen molar-refractivity contribution in [3.63, 3.8) is 0 Å². The molecule has 4 aromatic rings. The monoisotopic (exact) mass is 925 g/mol. The third kappa shape index (κ3) is 13.1. The molecule has 0 spiro atoms. The van der Waals surface area contributed by atoms with E-state index in [1.54, 1.807) is 21.0 Å². The van der Waals surface area contributed by atoms with Crippen molar-refractivity contribution in [1.29, 1.82) is 0 Å². The Morgan fingerprint density at radius 3 is 1.75 bits per heavy atom. The molecule has 1 N–H and O–H groups in total. The maximum Gasteiger partial charge on any atom is 0.397 e. The van der Waals surface area contributed by atoms with Gasteiger partial charge in [-0.2, -0.15) is 8.42 Å². The van der Waals surface area contributed by atoms with E-state index in [1.165, 1.54) is 14.2 Å². The van der Waals surface area contributed by atoms with E-state index in [9.17, 15) is 13.0 Å². The molecular formula is C49H65O13S2+. The van der Waals surface area contributed by atoms with E-state index in [4.69, 9.17) is 46.8 Å². The minimum absolute atomic E-state index is 0.00308. The first-order chi connectivity index (χ1) is 30.8. The Labute approximate surface area is 382 Å². The summed E-state index contributed by atoms with van der Waals surface area (Å²) in [7, 11) is -0.960. The van der Waals surface area contributed by atoms with Crippen molar-refractivity contribution < 1.29 is 59.8 Å². The van der Waals surface area contributed by atoms with E-state index < -0.39 is 52.5 Å². The normalized spacial score (nSPS) is 27.5. The standard InChI is InChI=1S/C49H64O13S2/c1-8-44-35(2)42(58-31-39-24-26-40(53-5)27-25-39)33-63(44)34-43(59-30-38-22-16-11-17-23-38)46(62-64(50,51)52)47-45(60-48(3,54-6)49(4,55-7)61-47)41(57-29-37-20-14-10-15-21-37)32-56-28-36-18-12-9-13-19-36/h9-27,35,41-47H,8,28-34H2,1-7H3/p+1/t35-,41+,42+,43+,44+,45-,46+,47+,48?,49?,63-/m0/s1. The van der Waals surface area contributed by atoms with Gasteiger partial charge in [0.05, 0.1) is 40.1 Å². The fourth-order valence-electron chi connectivity index (χ4n) is 8.41. The molecule has 350 valence electrons. The molecule has 0 aliphatic carbocycles. The molecule has 13 nitrogen and oxygen atoms in total. The highest BCUT2D eigenvalue weighted by Crippen LogP contribution is 2.44. The van der Waals surface area contributed by atoms with E-state index in [0.717, 1.165) is 34.4 Å². The summed E-state index contributed by atoms with van der Waals surface area (Å²) in [5, 5.41) is 0.212. The molecule has 0 bridgehead atoms. The van der Waals surface area contributed by atoms with Gasteiger partial charge in [-0.05, 0) is 65.5 Å². The van der Waals surface area contributed by atoms with Crippen molar-refractivity contribution in [3.8, 4) is 5.75 Å². The second kappa shape index (κ2) is 23.3. The first-order valence-electron chi connectivity index (χ1n) is 21.7. The summed E-state index contributed by atoms with van der Waals surface area (Å²) in [6, 6.07) is 36.8. The van der Waals surface area contributed by atoms with Crippen LogP contribution in [0.1, 0.15) is 56.4 Å². The van der Waals surface area contributed by atoms with Gasteiger partial charge in [0.2, 0.25) is 11.6 Å². The second-order valence-electron chi connectivity index (χ2n) is 16.5. The molecule has 2 unspecified atom stereocenters. The fourth-order valence-corrected chi connectivity index (χ4v) is 12.3. The lowest BCUT2D eigenvalue weighted by Gasteiger charge is -2.54. The average molecular weight is 926 g/mol. The molecule has 6 rings (SSSR count). The van der Waals surface area contributed by atoms with Crippen LogP contribution in [0.2, 0.25) is 0 Å². The Kier molecular flexibility index (Phi) is 18.2. The fraction of sp³-hybridized carbons (Fsp3) is 0.510. The molecular weight excluding hydrogens is 861 g/mol. The van der Waals surface area contributed by atoms with Gasteiger partial charge in [-0.3, -0.25) is 4.55 Å². The van der Waals surface area contributed by atoms with Gasteiger partial charge in [0.15, 0.2) is 0 Å². The van der Waals surface area contributed by atoms with E-state index >= 15 is 0 Å². The van der Waals surface area contributed by atoms with Crippen LogP contribution in [-0.2, 0) is 89.8 Å². The van der Waals surface area contributed by atoms with Gasteiger partial charge in [0.1, 0.15) is 59.1 Å². The van der Waals surface area contributed by atoms with Gasteiger partial charge >= 0.3 is 10.4 Å². The highest BCUT2D eigenvalue weighted by molar-refractivity contribution is 7.97. The summed E-state index contributed by atoms with van der Waals surface area (Å²) in [5.74, 6) is -1.16. The van der Waals surface area contributed by atoms with Crippen LogP contribution >= 0.6 is 0 Å². The summed E-state index contributed by atoms with van der Waals surface area (Å²) in [4.78, 5) is 0. The Morgan fingerprint density at radius 1 is 0.719 bits per heavy atom. The van der Waals surface area contributed by atoms with Gasteiger partial charge in [-0.25, -0.2) is 4.18 Å². The molecule has 2 aliphatic heterocycles. The Morgan fingerprint density at radius 2 is 1.23 bits per heavy atom. The average Bonchev–Trinajstić information content (AvgIpc) is 3.61. The van der Waals surface area contributed by atoms with Gasteiger partial charge in [0.25, 0.3) is 0 Å². The molecule has 15 heteroatoms. The van der Waals surface area contributed by atoms with Gasteiger partial charge in [0, 0.05) is 20.1 Å². The summed E-state index contributed by atoms with van der Waals surface area (Å²) in [5.41, 5.74) is 3.72. The minimum atomic E-state index is -5.15. The number of ether oxygens (including phenoxy) is 9. The van der Waals surface area contributed by atoms with Crippen LogP contribution in [0.15, 0.2) is 115 Å². The van der Waals surface area contributed by atoms with E-state index in [1.807, 2.05) is 115 Å². The number of methoxy groups -OCH3 is 3. The molecule has 2 heterocycles. The van der Waals surface area contributed by atoms with E-state index in [2.05, 4.69) is 13.8 Å². The maximum atomic E-state index is 13.2. The first kappa shape index (κ1) is 50.0. The van der Waals surface area contributed by atoms with Crippen molar-refractivity contribution >= 4 is 21.3 Å². The highest BCUT2D eigenvalue weighted by Gasteiger charge is 2.62. The minimum Gasteiger partial charge on any atom is -0.497 e. The lowest BCUT2D eigenvalue weighted by atomic mass is 9.94. The van der Waals surface area contributed by atoms with Crippen molar-refractivity contribution in [2.45, 2.75) is 114 Å². The lowest BCUT2D eigenvalue weighted by molar-refractivity contribution is -0.462. The number of hydrogen-bond acceptors (Lipinski definition) is 12. The molecule has 2 fully saturated rings. The van der Waals surface area contributed by atoms with Crippen molar-refractivity contribution in [2.75, 3.05) is 39.4 Å². The molecule has 11 atom stereocenters. The lowest BCUT2D eigenvalue weighted by Crippen LogP contribution is -2.71. The summed E-state index contributed by atoms with van der Waals surface area (Å²) in [6.07, 6.45) is -5.02. The predicted octanol–water partition coefficient (Wildman–Crippen LogP) is 7.71. The van der Waals surface area contributed by atoms with Crippen LogP contribution in [0, 0.1) is 5.92 Å². The van der Waals surface area contributed by atoms with Crippen LogP contribution in [0.5, 0.6) is 5.75 Å². The molecule has 0 radical (unpaired) electrons. The van der Waals surface area contributed by atoms with Crippen LogP contribution < -0.4 is 4.74 Å². The quantitative estimate of drug-likeness (QED) is 0.0541. The van der Waals surface area contributed by atoms with Gasteiger partial charge < -0.3 is 42.6 Å². The summed E-state index contributed by atoms with van der Waals surface area (Å²) >= 11 is 0. The second-order valence-corrected chi connectivity index (χ2v) is 19.9. The SMILES string of the molecule is CC[C@@H]1[C@@H](C)[C@H](OCc2ccc(OC)cc2)C[S@@+]1C[C@@H](OCc1ccccc1)[C@@H](OS(=O)(=O)O)[C@@H]1OC(C)(OC)C(C)(OC)O[C@H]1[C@@H](COCc1ccccc1)OCc1ccccc1. The zero-order chi connectivity index (χ0) is 45.7. The van der Waals surface area contributed by atoms with E-state index in [-0.39, 0.29) is 54.6 Å².